The number of carbonyl (C=O) groups excluding carboxylic acids is 1. The maximum atomic E-state index is 12.6. The summed E-state index contributed by atoms with van der Waals surface area (Å²) in [6, 6.07) is 19.6. The zero-order valence-corrected chi connectivity index (χ0v) is 20.3. The predicted octanol–water partition coefficient (Wildman–Crippen LogP) is 3.08. The van der Waals surface area contributed by atoms with E-state index in [1.54, 1.807) is 12.1 Å². The Kier molecular flexibility index (Phi) is 8.82. The number of likely N-dealkylation sites (N-methyl/N-ethyl adjacent to an activating group) is 1. The molecule has 3 N–H and O–H groups in total. The van der Waals surface area contributed by atoms with E-state index in [1.165, 1.54) is 42.6 Å². The minimum absolute atomic E-state index is 0.0708. The summed E-state index contributed by atoms with van der Waals surface area (Å²) in [7, 11) is -1.90. The number of aliphatic hydroxyl groups excluding tert-OH is 1. The molecule has 0 bridgehead atoms. The molecule has 0 atom stereocenters. The monoisotopic (exact) mass is 496 g/mol. The van der Waals surface area contributed by atoms with Crippen molar-refractivity contribution in [2.24, 2.45) is 5.10 Å². The highest BCUT2D eigenvalue weighted by Gasteiger charge is 2.15. The molecular formula is C25H28N4O5S. The molecule has 0 aliphatic heterocycles. The third kappa shape index (κ3) is 7.29. The normalized spacial score (nSPS) is 11.3. The second kappa shape index (κ2) is 12.0. The van der Waals surface area contributed by atoms with Gasteiger partial charge in [0, 0.05) is 30.5 Å². The lowest BCUT2D eigenvalue weighted by atomic mass is 10.2. The number of benzene rings is 3. The first-order valence-corrected chi connectivity index (χ1v) is 12.4. The number of hydrogen-bond acceptors (Lipinski definition) is 7. The molecule has 0 unspecified atom stereocenters. The number of carbonyl (C=O) groups is 1. The highest BCUT2D eigenvalue weighted by molar-refractivity contribution is 7.92. The topological polar surface area (TPSA) is 120 Å². The molecule has 35 heavy (non-hydrogen) atoms. The molecule has 0 aliphatic rings. The summed E-state index contributed by atoms with van der Waals surface area (Å²) >= 11 is 0. The molecule has 0 fully saturated rings. The van der Waals surface area contributed by atoms with Crippen LogP contribution in [0.2, 0.25) is 0 Å². The van der Waals surface area contributed by atoms with Crippen LogP contribution >= 0.6 is 0 Å². The van der Waals surface area contributed by atoms with Gasteiger partial charge in [-0.3, -0.25) is 9.52 Å². The molecular weight excluding hydrogens is 468 g/mol. The maximum Gasteiger partial charge on any atom is 0.271 e. The maximum absolute atomic E-state index is 12.6. The number of aliphatic hydroxyl groups is 1. The van der Waals surface area contributed by atoms with Crippen LogP contribution in [0.15, 0.2) is 82.8 Å². The second-order valence-corrected chi connectivity index (χ2v) is 9.21. The van der Waals surface area contributed by atoms with Crippen LogP contribution in [0.5, 0.6) is 5.75 Å². The fourth-order valence-electron chi connectivity index (χ4n) is 3.11. The highest BCUT2D eigenvalue weighted by Crippen LogP contribution is 2.20. The van der Waals surface area contributed by atoms with Crippen molar-refractivity contribution in [1.29, 1.82) is 0 Å². The lowest BCUT2D eigenvalue weighted by molar-refractivity contribution is 0.0955. The average molecular weight is 497 g/mol. The molecule has 0 saturated carbocycles. The van der Waals surface area contributed by atoms with Crippen molar-refractivity contribution < 1.29 is 23.1 Å². The van der Waals surface area contributed by atoms with Crippen molar-refractivity contribution in [2.75, 3.05) is 36.4 Å². The Hall–Kier alpha value is -3.89. The predicted molar refractivity (Wildman–Crippen MR) is 137 cm³/mol. The lowest BCUT2D eigenvalue weighted by Gasteiger charge is -2.17. The number of amides is 1. The number of sulfonamides is 1. The molecule has 184 valence electrons. The van der Waals surface area contributed by atoms with E-state index >= 15 is 0 Å². The number of ether oxygens (including phenoxy) is 1. The molecule has 10 heteroatoms. The van der Waals surface area contributed by atoms with Crippen LogP contribution in [0, 0.1) is 0 Å². The zero-order valence-electron chi connectivity index (χ0n) is 19.5. The number of nitrogens with one attached hydrogen (secondary N) is 2. The Balaban J connectivity index is 1.56. The van der Waals surface area contributed by atoms with Gasteiger partial charge in [0.1, 0.15) is 5.75 Å². The SMILES string of the molecule is CCOc1ccc(S(=O)(=O)Nc2ccc(C(=O)N/N=C/c3ccc(N(C)CCO)cc3)cc2)cc1. The van der Waals surface area contributed by atoms with E-state index < -0.39 is 15.9 Å². The standard InChI is InChI=1S/C25H28N4O5S/c1-3-34-23-12-14-24(15-13-23)35(32,33)28-21-8-6-20(7-9-21)25(31)27-26-18-19-4-10-22(11-5-19)29(2)16-17-30/h4-15,18,28,30H,3,16-17H2,1-2H3,(H,27,31)/b26-18+. The third-order valence-electron chi connectivity index (χ3n) is 4.99. The number of hydrazone groups is 1. The largest absolute Gasteiger partial charge is 0.494 e. The molecule has 0 spiro atoms. The van der Waals surface area contributed by atoms with Gasteiger partial charge in [-0.2, -0.15) is 5.10 Å². The third-order valence-corrected chi connectivity index (χ3v) is 6.39. The van der Waals surface area contributed by atoms with E-state index in [-0.39, 0.29) is 11.5 Å². The molecule has 3 rings (SSSR count). The molecule has 3 aromatic rings. The fraction of sp³-hybridized carbons (Fsp3) is 0.200. The summed E-state index contributed by atoms with van der Waals surface area (Å²) in [6.45, 7) is 2.95. The van der Waals surface area contributed by atoms with Gasteiger partial charge < -0.3 is 14.7 Å². The van der Waals surface area contributed by atoms with E-state index in [0.717, 1.165) is 11.3 Å². The van der Waals surface area contributed by atoms with Crippen LogP contribution in [0.4, 0.5) is 11.4 Å². The summed E-state index contributed by atoms with van der Waals surface area (Å²) in [5.41, 5.74) is 4.85. The zero-order chi connectivity index (χ0) is 25.3. The summed E-state index contributed by atoms with van der Waals surface area (Å²) in [5.74, 6) is 0.161. The van der Waals surface area contributed by atoms with Crippen molar-refractivity contribution in [3.8, 4) is 5.75 Å². The first kappa shape index (κ1) is 25.7. The van der Waals surface area contributed by atoms with Crippen molar-refractivity contribution in [1.82, 2.24) is 5.43 Å². The van der Waals surface area contributed by atoms with Crippen LogP contribution in [-0.4, -0.2) is 52.5 Å². The smallest absolute Gasteiger partial charge is 0.271 e. The van der Waals surface area contributed by atoms with Crippen molar-refractivity contribution in [2.45, 2.75) is 11.8 Å². The molecule has 0 heterocycles. The van der Waals surface area contributed by atoms with E-state index in [1.807, 2.05) is 43.1 Å². The first-order valence-electron chi connectivity index (χ1n) is 10.9. The summed E-state index contributed by atoms with van der Waals surface area (Å²) in [4.78, 5) is 14.4. The Bertz CT molecular complexity index is 1240. The minimum Gasteiger partial charge on any atom is -0.494 e. The van der Waals surface area contributed by atoms with Gasteiger partial charge in [-0.15, -0.1) is 0 Å². The molecule has 3 aromatic carbocycles. The Morgan fingerprint density at radius 3 is 2.29 bits per heavy atom. The summed E-state index contributed by atoms with van der Waals surface area (Å²) in [6.07, 6.45) is 1.52. The summed E-state index contributed by atoms with van der Waals surface area (Å²) in [5, 5.41) is 13.0. The Labute approximate surface area is 205 Å². The second-order valence-electron chi connectivity index (χ2n) is 7.52. The van der Waals surface area contributed by atoms with Gasteiger partial charge in [0.05, 0.1) is 24.3 Å². The van der Waals surface area contributed by atoms with Gasteiger partial charge >= 0.3 is 0 Å². The molecule has 0 radical (unpaired) electrons. The van der Waals surface area contributed by atoms with Crippen LogP contribution in [0.25, 0.3) is 0 Å². The van der Waals surface area contributed by atoms with E-state index in [4.69, 9.17) is 9.84 Å². The van der Waals surface area contributed by atoms with Crippen LogP contribution in [-0.2, 0) is 10.0 Å². The van der Waals surface area contributed by atoms with Crippen molar-refractivity contribution >= 4 is 33.5 Å². The van der Waals surface area contributed by atoms with Crippen molar-refractivity contribution in [3.63, 3.8) is 0 Å². The molecule has 0 saturated heterocycles. The van der Waals surface area contributed by atoms with Gasteiger partial charge in [-0.25, -0.2) is 13.8 Å². The molecule has 9 nitrogen and oxygen atoms in total. The van der Waals surface area contributed by atoms with Crippen molar-refractivity contribution in [3.05, 3.63) is 83.9 Å². The van der Waals surface area contributed by atoms with Crippen LogP contribution in [0.1, 0.15) is 22.8 Å². The first-order chi connectivity index (χ1) is 16.8. The van der Waals surface area contributed by atoms with Gasteiger partial charge in [0.2, 0.25) is 0 Å². The quantitative estimate of drug-likeness (QED) is 0.277. The minimum atomic E-state index is -3.78. The molecule has 0 aromatic heterocycles. The fourth-order valence-corrected chi connectivity index (χ4v) is 4.17. The lowest BCUT2D eigenvalue weighted by Crippen LogP contribution is -2.20. The number of rotatable bonds is 11. The van der Waals surface area contributed by atoms with Gasteiger partial charge in [-0.05, 0) is 73.2 Å². The van der Waals surface area contributed by atoms with E-state index in [0.29, 0.717) is 30.2 Å². The number of hydrogen-bond donors (Lipinski definition) is 3. The van der Waals surface area contributed by atoms with Crippen LogP contribution in [0.3, 0.4) is 0 Å². The summed E-state index contributed by atoms with van der Waals surface area (Å²) < 4.78 is 33.0. The van der Waals surface area contributed by atoms with E-state index in [9.17, 15) is 13.2 Å². The highest BCUT2D eigenvalue weighted by atomic mass is 32.2. The molecule has 1 amide bonds. The number of nitrogens with zero attached hydrogens (tertiary/aromatic N) is 2. The van der Waals surface area contributed by atoms with Gasteiger partial charge in [-0.1, -0.05) is 12.1 Å². The average Bonchev–Trinajstić information content (AvgIpc) is 2.85. The van der Waals surface area contributed by atoms with Crippen LogP contribution < -0.4 is 19.8 Å². The Morgan fingerprint density at radius 1 is 1.03 bits per heavy atom. The molecule has 0 aliphatic carbocycles. The van der Waals surface area contributed by atoms with E-state index in [2.05, 4.69) is 15.2 Å². The van der Waals surface area contributed by atoms with Gasteiger partial charge in [0.25, 0.3) is 15.9 Å². The van der Waals surface area contributed by atoms with Gasteiger partial charge in [0.15, 0.2) is 0 Å². The number of anilines is 2. The Morgan fingerprint density at radius 2 is 1.69 bits per heavy atom.